The van der Waals surface area contributed by atoms with Gasteiger partial charge in [-0.2, -0.15) is 9.97 Å². The molecule has 0 radical (unpaired) electrons. The minimum Gasteiger partial charge on any atom is -0.471 e. The SMILES string of the molecule is Nc1nc(OCc2ccccc2)c2ncn([C@@H]3C[C@](F)(COCc4ccccc4)[C@H]3O)c2n1. The Balaban J connectivity index is 1.28. The molecule has 4 aromatic rings. The number of benzene rings is 2. The largest absolute Gasteiger partial charge is 0.471 e. The molecule has 1 aliphatic carbocycles. The van der Waals surface area contributed by atoms with Crippen LogP contribution in [0.2, 0.25) is 0 Å². The molecule has 0 aliphatic heterocycles. The first-order valence-electron chi connectivity index (χ1n) is 10.7. The Labute approximate surface area is 189 Å². The van der Waals surface area contributed by atoms with Crippen LogP contribution in [0.25, 0.3) is 11.2 Å². The van der Waals surface area contributed by atoms with E-state index in [9.17, 15) is 5.11 Å². The van der Waals surface area contributed by atoms with E-state index in [1.807, 2.05) is 60.7 Å². The Hall–Kier alpha value is -3.56. The Morgan fingerprint density at radius 3 is 2.36 bits per heavy atom. The van der Waals surface area contributed by atoms with Crippen LogP contribution in [0.4, 0.5) is 10.3 Å². The van der Waals surface area contributed by atoms with Gasteiger partial charge in [-0.05, 0) is 11.1 Å². The standard InChI is InChI=1S/C24H24FN5O3/c25-24(14-32-12-16-7-3-1-4-8-16)11-18(20(24)31)30-15-27-19-21(30)28-23(26)29-22(19)33-13-17-9-5-2-6-10-17/h1-10,15,18,20,31H,11-14H2,(H2,26,28,29)/t18-,20+,24+/m1/s1. The van der Waals surface area contributed by atoms with Gasteiger partial charge in [0.1, 0.15) is 12.7 Å². The predicted octanol–water partition coefficient (Wildman–Crippen LogP) is 3.22. The number of hydrogen-bond acceptors (Lipinski definition) is 7. The van der Waals surface area contributed by atoms with Gasteiger partial charge in [-0.15, -0.1) is 0 Å². The van der Waals surface area contributed by atoms with Gasteiger partial charge in [0.15, 0.2) is 16.8 Å². The number of aromatic nitrogens is 4. The number of fused-ring (bicyclic) bond motifs is 1. The summed E-state index contributed by atoms with van der Waals surface area (Å²) in [6, 6.07) is 18.6. The number of nitrogen functional groups attached to an aromatic ring is 1. The van der Waals surface area contributed by atoms with E-state index in [0.717, 1.165) is 11.1 Å². The van der Waals surface area contributed by atoms with Crippen molar-refractivity contribution in [3.8, 4) is 5.88 Å². The zero-order chi connectivity index (χ0) is 22.8. The highest BCUT2D eigenvalue weighted by molar-refractivity contribution is 5.77. The summed E-state index contributed by atoms with van der Waals surface area (Å²) >= 11 is 0. The first kappa shape index (κ1) is 21.3. The molecule has 3 atom stereocenters. The number of anilines is 1. The number of halogens is 1. The van der Waals surface area contributed by atoms with Gasteiger partial charge in [0, 0.05) is 6.42 Å². The first-order chi connectivity index (χ1) is 16.0. The Bertz CT molecular complexity index is 1240. The van der Waals surface area contributed by atoms with Crippen molar-refractivity contribution in [2.45, 2.75) is 37.4 Å². The molecule has 0 saturated heterocycles. The summed E-state index contributed by atoms with van der Waals surface area (Å²) in [5.41, 5.74) is 6.76. The van der Waals surface area contributed by atoms with Crippen molar-refractivity contribution in [3.63, 3.8) is 0 Å². The number of nitrogens with two attached hydrogens (primary N) is 1. The van der Waals surface area contributed by atoms with Crippen molar-refractivity contribution in [3.05, 3.63) is 78.1 Å². The van der Waals surface area contributed by atoms with Gasteiger partial charge in [0.2, 0.25) is 11.8 Å². The van der Waals surface area contributed by atoms with Gasteiger partial charge in [-0.25, -0.2) is 9.37 Å². The Morgan fingerprint density at radius 2 is 1.70 bits per heavy atom. The van der Waals surface area contributed by atoms with Gasteiger partial charge in [0.05, 0.1) is 25.6 Å². The summed E-state index contributed by atoms with van der Waals surface area (Å²) < 4.78 is 28.2. The smallest absolute Gasteiger partial charge is 0.247 e. The van der Waals surface area contributed by atoms with Crippen molar-refractivity contribution in [2.75, 3.05) is 12.3 Å². The zero-order valence-electron chi connectivity index (χ0n) is 17.8. The maximum absolute atomic E-state index is 15.2. The van der Waals surface area contributed by atoms with Crippen LogP contribution in [-0.2, 0) is 18.0 Å². The third kappa shape index (κ3) is 4.24. The summed E-state index contributed by atoms with van der Waals surface area (Å²) in [7, 11) is 0. The first-order valence-corrected chi connectivity index (χ1v) is 10.7. The number of ether oxygens (including phenoxy) is 2. The lowest BCUT2D eigenvalue weighted by Gasteiger charge is -2.46. The summed E-state index contributed by atoms with van der Waals surface area (Å²) in [6.45, 7) is 0.371. The molecule has 0 spiro atoms. The normalized spacial score (nSPS) is 22.2. The molecule has 2 heterocycles. The minimum absolute atomic E-state index is 0.0128. The van der Waals surface area contributed by atoms with E-state index in [1.165, 1.54) is 6.33 Å². The molecule has 9 heteroatoms. The monoisotopic (exact) mass is 449 g/mol. The second-order valence-corrected chi connectivity index (χ2v) is 8.21. The quantitative estimate of drug-likeness (QED) is 0.425. The van der Waals surface area contributed by atoms with Gasteiger partial charge < -0.3 is 24.9 Å². The number of alkyl halides is 1. The van der Waals surface area contributed by atoms with Gasteiger partial charge in [-0.1, -0.05) is 60.7 Å². The van der Waals surface area contributed by atoms with Crippen LogP contribution >= 0.6 is 0 Å². The van der Waals surface area contributed by atoms with Gasteiger partial charge in [0.25, 0.3) is 0 Å². The molecule has 1 aliphatic rings. The van der Waals surface area contributed by atoms with Crippen LogP contribution in [0.15, 0.2) is 67.0 Å². The predicted molar refractivity (Wildman–Crippen MR) is 120 cm³/mol. The number of rotatable bonds is 8. The van der Waals surface area contributed by atoms with E-state index in [0.29, 0.717) is 11.2 Å². The van der Waals surface area contributed by atoms with E-state index in [4.69, 9.17) is 15.2 Å². The maximum atomic E-state index is 15.2. The van der Waals surface area contributed by atoms with Crippen molar-refractivity contribution in [1.29, 1.82) is 0 Å². The maximum Gasteiger partial charge on any atom is 0.247 e. The summed E-state index contributed by atoms with van der Waals surface area (Å²) in [4.78, 5) is 12.8. The second-order valence-electron chi connectivity index (χ2n) is 8.21. The van der Waals surface area contributed by atoms with Crippen molar-refractivity contribution in [1.82, 2.24) is 19.5 Å². The number of hydrogen-bond donors (Lipinski definition) is 2. The third-order valence-corrected chi connectivity index (χ3v) is 5.88. The number of nitrogens with zero attached hydrogens (tertiary/aromatic N) is 4. The molecular formula is C24H24FN5O3. The molecule has 5 rings (SSSR count). The molecule has 1 fully saturated rings. The summed E-state index contributed by atoms with van der Waals surface area (Å²) in [6.07, 6.45) is 0.306. The highest BCUT2D eigenvalue weighted by Gasteiger charge is 2.56. The average Bonchev–Trinajstić information content (AvgIpc) is 3.25. The lowest BCUT2D eigenvalue weighted by Crippen LogP contribution is -2.58. The Kier molecular flexibility index (Phi) is 5.65. The molecule has 2 aromatic carbocycles. The molecule has 33 heavy (non-hydrogen) atoms. The van der Waals surface area contributed by atoms with Crippen LogP contribution < -0.4 is 10.5 Å². The zero-order valence-corrected chi connectivity index (χ0v) is 17.8. The number of imidazole rings is 1. The fraction of sp³-hybridized carbons (Fsp3) is 0.292. The molecule has 0 unspecified atom stereocenters. The van der Waals surface area contributed by atoms with Crippen LogP contribution in [0, 0.1) is 0 Å². The third-order valence-electron chi connectivity index (χ3n) is 5.88. The summed E-state index contributed by atoms with van der Waals surface area (Å²) in [5.74, 6) is 0.255. The topological polar surface area (TPSA) is 108 Å². The highest BCUT2D eigenvalue weighted by atomic mass is 19.1. The van der Waals surface area contributed by atoms with Crippen LogP contribution in [0.5, 0.6) is 5.88 Å². The minimum atomic E-state index is -1.85. The van der Waals surface area contributed by atoms with Crippen LogP contribution in [-0.4, -0.2) is 43.0 Å². The van der Waals surface area contributed by atoms with E-state index < -0.39 is 17.8 Å². The molecule has 170 valence electrons. The second kappa shape index (κ2) is 8.76. The van der Waals surface area contributed by atoms with E-state index in [-0.39, 0.29) is 38.1 Å². The number of aliphatic hydroxyl groups excluding tert-OH is 1. The lowest BCUT2D eigenvalue weighted by molar-refractivity contribution is -0.162. The molecule has 2 aromatic heterocycles. The fourth-order valence-corrected chi connectivity index (χ4v) is 4.05. The molecule has 3 N–H and O–H groups in total. The molecular weight excluding hydrogens is 425 g/mol. The highest BCUT2D eigenvalue weighted by Crippen LogP contribution is 2.46. The molecule has 0 bridgehead atoms. The van der Waals surface area contributed by atoms with Gasteiger partial charge >= 0.3 is 0 Å². The number of aliphatic hydroxyl groups is 1. The summed E-state index contributed by atoms with van der Waals surface area (Å²) in [5, 5.41) is 10.6. The average molecular weight is 449 g/mol. The molecule has 0 amide bonds. The van der Waals surface area contributed by atoms with Crippen LogP contribution in [0.3, 0.4) is 0 Å². The Morgan fingerprint density at radius 1 is 1.03 bits per heavy atom. The fourth-order valence-electron chi connectivity index (χ4n) is 4.05. The van der Waals surface area contributed by atoms with Crippen LogP contribution in [0.1, 0.15) is 23.6 Å². The van der Waals surface area contributed by atoms with Crippen molar-refractivity contribution < 1.29 is 19.0 Å². The van der Waals surface area contributed by atoms with E-state index in [2.05, 4.69) is 15.0 Å². The lowest BCUT2D eigenvalue weighted by atomic mass is 9.74. The molecule has 8 nitrogen and oxygen atoms in total. The molecule has 1 saturated carbocycles. The van der Waals surface area contributed by atoms with E-state index >= 15 is 4.39 Å². The van der Waals surface area contributed by atoms with E-state index in [1.54, 1.807) is 4.57 Å². The van der Waals surface area contributed by atoms with Gasteiger partial charge in [-0.3, -0.25) is 0 Å². The van der Waals surface area contributed by atoms with Crippen molar-refractivity contribution >= 4 is 17.1 Å². The van der Waals surface area contributed by atoms with Crippen molar-refractivity contribution in [2.24, 2.45) is 0 Å².